The zero-order valence-electron chi connectivity index (χ0n) is 12.0. The van der Waals surface area contributed by atoms with E-state index in [1.54, 1.807) is 24.3 Å². The van der Waals surface area contributed by atoms with Gasteiger partial charge < -0.3 is 9.08 Å². The molecule has 1 aromatic rings. The molecule has 0 aliphatic heterocycles. The Labute approximate surface area is 121 Å². The van der Waals surface area contributed by atoms with Gasteiger partial charge in [-0.3, -0.25) is 0 Å². The Hall–Kier alpha value is -1.07. The van der Waals surface area contributed by atoms with Gasteiger partial charge in [-0.05, 0) is 43.9 Å². The Morgan fingerprint density at radius 2 is 1.90 bits per heavy atom. The summed E-state index contributed by atoms with van der Waals surface area (Å²) in [6, 6.07) is 8.68. The molecule has 0 saturated heterocycles. The van der Waals surface area contributed by atoms with E-state index in [0.29, 0.717) is 12.3 Å². The van der Waals surface area contributed by atoms with Crippen molar-refractivity contribution in [1.29, 1.82) is 0 Å². The Kier molecular flexibility index (Phi) is 5.43. The maximum Gasteiger partial charge on any atom is 0.310 e. The Morgan fingerprint density at radius 1 is 1.20 bits per heavy atom. The van der Waals surface area contributed by atoms with Crippen LogP contribution in [0.4, 0.5) is 0 Å². The van der Waals surface area contributed by atoms with Gasteiger partial charge in [0.15, 0.2) is 0 Å². The van der Waals surface area contributed by atoms with Crippen LogP contribution in [0.1, 0.15) is 26.2 Å². The lowest BCUT2D eigenvalue weighted by molar-refractivity contribution is 0.276. The van der Waals surface area contributed by atoms with Gasteiger partial charge in [0.25, 0.3) is 0 Å². The molecule has 0 spiro atoms. The lowest BCUT2D eigenvalue weighted by Gasteiger charge is -2.21. The van der Waals surface area contributed by atoms with Crippen LogP contribution in [0.15, 0.2) is 30.3 Å². The molecule has 20 heavy (non-hydrogen) atoms. The van der Waals surface area contributed by atoms with E-state index in [4.69, 9.17) is 4.18 Å². The second-order valence-corrected chi connectivity index (χ2v) is 7.09. The van der Waals surface area contributed by atoms with Crippen LogP contribution in [0.2, 0.25) is 0 Å². The lowest BCUT2D eigenvalue weighted by atomic mass is 10.3. The maximum absolute atomic E-state index is 12.0. The summed E-state index contributed by atoms with van der Waals surface area (Å²) in [6.07, 6.45) is 3.62. The fourth-order valence-electron chi connectivity index (χ4n) is 2.18. The molecular weight excluding hydrogens is 274 g/mol. The van der Waals surface area contributed by atoms with E-state index in [9.17, 15) is 8.42 Å². The first kappa shape index (κ1) is 15.3. The van der Waals surface area contributed by atoms with Gasteiger partial charge in [-0.25, -0.2) is 0 Å². The number of hydrogen-bond acceptors (Lipinski definition) is 4. The molecule has 0 N–H and O–H groups in total. The summed E-state index contributed by atoms with van der Waals surface area (Å²) in [7, 11) is -3.51. The van der Waals surface area contributed by atoms with E-state index in [-0.39, 0.29) is 5.75 Å². The molecule has 0 atom stereocenters. The maximum atomic E-state index is 12.0. The molecule has 1 saturated carbocycles. The van der Waals surface area contributed by atoms with Crippen LogP contribution in [0, 0.1) is 5.92 Å². The van der Waals surface area contributed by atoms with E-state index in [1.165, 1.54) is 12.8 Å². The third kappa shape index (κ3) is 5.51. The first-order valence-electron chi connectivity index (χ1n) is 7.28. The highest BCUT2D eigenvalue weighted by Crippen LogP contribution is 2.29. The van der Waals surface area contributed by atoms with Crippen LogP contribution in [-0.4, -0.2) is 38.7 Å². The predicted octanol–water partition coefficient (Wildman–Crippen LogP) is 2.52. The molecule has 1 aromatic carbocycles. The first-order chi connectivity index (χ1) is 9.59. The van der Waals surface area contributed by atoms with Crippen LogP contribution in [0.3, 0.4) is 0 Å². The monoisotopic (exact) mass is 297 g/mol. The third-order valence-electron chi connectivity index (χ3n) is 3.38. The Bertz CT molecular complexity index is 497. The van der Waals surface area contributed by atoms with Crippen molar-refractivity contribution >= 4 is 10.1 Å². The summed E-state index contributed by atoms with van der Waals surface area (Å²) in [6.45, 7) is 4.65. The van der Waals surface area contributed by atoms with Crippen molar-refractivity contribution in [2.75, 3.05) is 25.4 Å². The lowest BCUT2D eigenvalue weighted by Crippen LogP contribution is -2.33. The summed E-state index contributed by atoms with van der Waals surface area (Å²) in [5.41, 5.74) is 0. The van der Waals surface area contributed by atoms with Gasteiger partial charge in [-0.1, -0.05) is 25.1 Å². The van der Waals surface area contributed by atoms with Crippen molar-refractivity contribution in [3.8, 4) is 5.75 Å². The quantitative estimate of drug-likeness (QED) is 0.657. The molecule has 1 aliphatic rings. The van der Waals surface area contributed by atoms with Gasteiger partial charge in [0, 0.05) is 13.1 Å². The van der Waals surface area contributed by atoms with E-state index in [1.807, 2.05) is 6.07 Å². The highest BCUT2D eigenvalue weighted by Gasteiger charge is 2.25. The number of rotatable bonds is 9. The zero-order chi connectivity index (χ0) is 14.4. The van der Waals surface area contributed by atoms with Crippen molar-refractivity contribution in [2.24, 2.45) is 5.92 Å². The molecular formula is C15H23NO3S. The second-order valence-electron chi connectivity index (χ2n) is 5.40. The summed E-state index contributed by atoms with van der Waals surface area (Å²) >= 11 is 0. The predicted molar refractivity (Wildman–Crippen MR) is 80.3 cm³/mol. The molecule has 112 valence electrons. The molecule has 0 radical (unpaired) electrons. The average Bonchev–Trinajstić information content (AvgIpc) is 3.21. The minimum Gasteiger partial charge on any atom is -0.382 e. The van der Waals surface area contributed by atoms with Gasteiger partial charge in [0.1, 0.15) is 5.75 Å². The normalized spacial score (nSPS) is 15.5. The Morgan fingerprint density at radius 3 is 2.50 bits per heavy atom. The van der Waals surface area contributed by atoms with Gasteiger partial charge in [-0.2, -0.15) is 8.42 Å². The first-order valence-corrected chi connectivity index (χ1v) is 8.86. The molecule has 1 fully saturated rings. The molecule has 0 bridgehead atoms. The fraction of sp³-hybridized carbons (Fsp3) is 0.600. The summed E-state index contributed by atoms with van der Waals surface area (Å²) in [5, 5.41) is 0. The summed E-state index contributed by atoms with van der Waals surface area (Å²) in [4.78, 5) is 2.24. The average molecular weight is 297 g/mol. The zero-order valence-corrected chi connectivity index (χ0v) is 12.8. The van der Waals surface area contributed by atoms with Crippen LogP contribution in [0.5, 0.6) is 5.75 Å². The molecule has 0 heterocycles. The van der Waals surface area contributed by atoms with E-state index < -0.39 is 10.1 Å². The smallest absolute Gasteiger partial charge is 0.310 e. The van der Waals surface area contributed by atoms with Crippen LogP contribution >= 0.6 is 0 Å². The topological polar surface area (TPSA) is 46.6 Å². The molecule has 1 aliphatic carbocycles. The molecule has 2 rings (SSSR count). The number of benzene rings is 1. The van der Waals surface area contributed by atoms with Gasteiger partial charge >= 0.3 is 10.1 Å². The highest BCUT2D eigenvalue weighted by molar-refractivity contribution is 7.87. The van der Waals surface area contributed by atoms with Gasteiger partial charge in [0.2, 0.25) is 0 Å². The van der Waals surface area contributed by atoms with Gasteiger partial charge in [-0.15, -0.1) is 0 Å². The van der Waals surface area contributed by atoms with Crippen LogP contribution in [-0.2, 0) is 10.1 Å². The van der Waals surface area contributed by atoms with E-state index in [2.05, 4.69) is 11.8 Å². The fourth-order valence-corrected chi connectivity index (χ4v) is 3.15. The summed E-state index contributed by atoms with van der Waals surface area (Å²) in [5.74, 6) is 1.21. The minimum absolute atomic E-state index is 0.0502. The SMILES string of the molecule is CCCN(CCS(=O)(=O)Oc1ccccc1)CC1CC1. The number of para-hydroxylation sites is 1. The minimum atomic E-state index is -3.51. The van der Waals surface area contributed by atoms with E-state index >= 15 is 0 Å². The molecule has 4 nitrogen and oxygen atoms in total. The molecule has 0 unspecified atom stereocenters. The molecule has 5 heteroatoms. The van der Waals surface area contributed by atoms with Crippen molar-refractivity contribution in [3.05, 3.63) is 30.3 Å². The number of hydrogen-bond donors (Lipinski definition) is 0. The highest BCUT2D eigenvalue weighted by atomic mass is 32.2. The van der Waals surface area contributed by atoms with Gasteiger partial charge in [0.05, 0.1) is 5.75 Å². The third-order valence-corrected chi connectivity index (χ3v) is 4.51. The van der Waals surface area contributed by atoms with Crippen molar-refractivity contribution in [2.45, 2.75) is 26.2 Å². The van der Waals surface area contributed by atoms with Crippen molar-refractivity contribution < 1.29 is 12.6 Å². The molecule has 0 amide bonds. The second kappa shape index (κ2) is 7.09. The van der Waals surface area contributed by atoms with E-state index in [0.717, 1.165) is 25.4 Å². The standard InChI is InChI=1S/C15H23NO3S/c1-2-10-16(13-14-8-9-14)11-12-20(17,18)19-15-6-4-3-5-7-15/h3-7,14H,2,8-13H2,1H3. The van der Waals surface area contributed by atoms with Crippen molar-refractivity contribution in [3.63, 3.8) is 0 Å². The molecule has 0 aromatic heterocycles. The van der Waals surface area contributed by atoms with Crippen LogP contribution < -0.4 is 4.18 Å². The Balaban J connectivity index is 1.83. The van der Waals surface area contributed by atoms with Crippen LogP contribution in [0.25, 0.3) is 0 Å². The summed E-state index contributed by atoms with van der Waals surface area (Å²) < 4.78 is 29.0. The van der Waals surface area contributed by atoms with Crippen molar-refractivity contribution in [1.82, 2.24) is 4.90 Å². The largest absolute Gasteiger partial charge is 0.382 e. The number of nitrogens with zero attached hydrogens (tertiary/aromatic N) is 1.